The third-order valence-electron chi connectivity index (χ3n) is 3.07. The zero-order valence-electron chi connectivity index (χ0n) is 8.44. The fraction of sp³-hybridized carbons (Fsp3) is 0.214. The highest BCUT2D eigenvalue weighted by Gasteiger charge is 2.23. The van der Waals surface area contributed by atoms with Gasteiger partial charge >= 0.3 is 0 Å². The van der Waals surface area contributed by atoms with Gasteiger partial charge in [-0.3, -0.25) is 4.79 Å². The lowest BCUT2D eigenvalue weighted by molar-refractivity contribution is 0.112. The summed E-state index contributed by atoms with van der Waals surface area (Å²) >= 11 is 0. The second-order valence-corrected chi connectivity index (χ2v) is 4.26. The molecular weight excluding hydrogens is 184 g/mol. The van der Waals surface area contributed by atoms with Crippen molar-refractivity contribution < 1.29 is 4.79 Å². The van der Waals surface area contributed by atoms with E-state index >= 15 is 0 Å². The molecule has 1 fully saturated rings. The standard InChI is InChI=1S/C14H12O/c15-9-10-1-2-14-8-13(11-3-4-11)6-5-12(14)7-10/h1-2,5-9,11H,3-4H2. The summed E-state index contributed by atoms with van der Waals surface area (Å²) in [6, 6.07) is 12.4. The molecule has 15 heavy (non-hydrogen) atoms. The Labute approximate surface area is 88.7 Å². The minimum atomic E-state index is 0.752. The van der Waals surface area contributed by atoms with Crippen molar-refractivity contribution in [1.82, 2.24) is 0 Å². The minimum absolute atomic E-state index is 0.752. The van der Waals surface area contributed by atoms with Crippen LogP contribution in [0.3, 0.4) is 0 Å². The van der Waals surface area contributed by atoms with Crippen LogP contribution in [0.2, 0.25) is 0 Å². The van der Waals surface area contributed by atoms with Crippen LogP contribution in [0, 0.1) is 0 Å². The lowest BCUT2D eigenvalue weighted by Gasteiger charge is -2.02. The first-order chi connectivity index (χ1) is 7.36. The van der Waals surface area contributed by atoms with Gasteiger partial charge in [-0.05, 0) is 41.2 Å². The van der Waals surface area contributed by atoms with Crippen molar-refractivity contribution in [2.24, 2.45) is 0 Å². The van der Waals surface area contributed by atoms with Crippen LogP contribution in [0.4, 0.5) is 0 Å². The molecule has 3 rings (SSSR count). The Hall–Kier alpha value is -1.63. The number of aldehydes is 1. The topological polar surface area (TPSA) is 17.1 Å². The molecule has 1 saturated carbocycles. The van der Waals surface area contributed by atoms with Gasteiger partial charge in [0.15, 0.2) is 0 Å². The van der Waals surface area contributed by atoms with Crippen LogP contribution in [0.1, 0.15) is 34.7 Å². The molecule has 0 N–H and O–H groups in total. The molecule has 0 unspecified atom stereocenters. The Bertz CT molecular complexity index is 524. The number of rotatable bonds is 2. The Morgan fingerprint density at radius 2 is 1.73 bits per heavy atom. The number of hydrogen-bond donors (Lipinski definition) is 0. The summed E-state index contributed by atoms with van der Waals surface area (Å²) in [5.41, 5.74) is 2.20. The van der Waals surface area contributed by atoms with Gasteiger partial charge in [0, 0.05) is 5.56 Å². The molecule has 0 saturated heterocycles. The highest BCUT2D eigenvalue weighted by atomic mass is 16.1. The van der Waals surface area contributed by atoms with E-state index in [0.717, 1.165) is 23.2 Å². The molecule has 1 aliphatic rings. The summed E-state index contributed by atoms with van der Waals surface area (Å²) in [5.74, 6) is 0.792. The monoisotopic (exact) mass is 196 g/mol. The zero-order chi connectivity index (χ0) is 10.3. The first kappa shape index (κ1) is 8.66. The first-order valence-corrected chi connectivity index (χ1v) is 5.36. The van der Waals surface area contributed by atoms with E-state index in [1.54, 1.807) is 0 Å². The van der Waals surface area contributed by atoms with Crippen molar-refractivity contribution in [3.05, 3.63) is 47.5 Å². The van der Waals surface area contributed by atoms with E-state index in [9.17, 15) is 4.79 Å². The van der Waals surface area contributed by atoms with E-state index in [-0.39, 0.29) is 0 Å². The summed E-state index contributed by atoms with van der Waals surface area (Å²) in [5, 5.41) is 2.40. The van der Waals surface area contributed by atoms with Gasteiger partial charge in [0.2, 0.25) is 0 Å². The van der Waals surface area contributed by atoms with E-state index in [1.807, 2.05) is 18.2 Å². The van der Waals surface area contributed by atoms with Crippen molar-refractivity contribution in [3.8, 4) is 0 Å². The van der Waals surface area contributed by atoms with Gasteiger partial charge in [-0.2, -0.15) is 0 Å². The molecule has 0 heterocycles. The molecular formula is C14H12O. The van der Waals surface area contributed by atoms with Gasteiger partial charge < -0.3 is 0 Å². The number of carbonyl (C=O) groups is 1. The molecule has 0 atom stereocenters. The van der Waals surface area contributed by atoms with Crippen molar-refractivity contribution in [3.63, 3.8) is 0 Å². The highest BCUT2D eigenvalue weighted by Crippen LogP contribution is 2.40. The van der Waals surface area contributed by atoms with Gasteiger partial charge in [-0.15, -0.1) is 0 Å². The maximum Gasteiger partial charge on any atom is 0.150 e. The van der Waals surface area contributed by atoms with Crippen LogP contribution < -0.4 is 0 Å². The van der Waals surface area contributed by atoms with E-state index in [1.165, 1.54) is 23.8 Å². The molecule has 0 radical (unpaired) electrons. The smallest absolute Gasteiger partial charge is 0.150 e. The molecule has 1 heteroatoms. The predicted octanol–water partition coefficient (Wildman–Crippen LogP) is 3.53. The first-order valence-electron chi connectivity index (χ1n) is 5.36. The summed E-state index contributed by atoms with van der Waals surface area (Å²) in [4.78, 5) is 10.6. The lowest BCUT2D eigenvalue weighted by atomic mass is 10.0. The number of hydrogen-bond acceptors (Lipinski definition) is 1. The van der Waals surface area contributed by atoms with Crippen molar-refractivity contribution in [2.45, 2.75) is 18.8 Å². The minimum Gasteiger partial charge on any atom is -0.298 e. The molecule has 2 aromatic rings. The van der Waals surface area contributed by atoms with E-state index in [4.69, 9.17) is 0 Å². The van der Waals surface area contributed by atoms with E-state index in [2.05, 4.69) is 18.2 Å². The molecule has 1 nitrogen and oxygen atoms in total. The Morgan fingerprint density at radius 1 is 1.00 bits per heavy atom. The third kappa shape index (κ3) is 1.54. The third-order valence-corrected chi connectivity index (χ3v) is 3.07. The van der Waals surface area contributed by atoms with Gasteiger partial charge in [-0.25, -0.2) is 0 Å². The van der Waals surface area contributed by atoms with E-state index < -0.39 is 0 Å². The summed E-state index contributed by atoms with van der Waals surface area (Å²) in [7, 11) is 0. The summed E-state index contributed by atoms with van der Waals surface area (Å²) < 4.78 is 0. The van der Waals surface area contributed by atoms with E-state index in [0.29, 0.717) is 0 Å². The molecule has 0 spiro atoms. The highest BCUT2D eigenvalue weighted by molar-refractivity contribution is 5.89. The summed E-state index contributed by atoms with van der Waals surface area (Å²) in [6.45, 7) is 0. The molecule has 74 valence electrons. The molecule has 0 bridgehead atoms. The normalized spacial score (nSPS) is 15.5. The largest absolute Gasteiger partial charge is 0.298 e. The fourth-order valence-corrected chi connectivity index (χ4v) is 2.03. The van der Waals surface area contributed by atoms with Crippen LogP contribution in [-0.4, -0.2) is 6.29 Å². The maximum atomic E-state index is 10.6. The average Bonchev–Trinajstić information content (AvgIpc) is 3.11. The van der Waals surface area contributed by atoms with Gasteiger partial charge in [-0.1, -0.05) is 30.3 Å². The number of fused-ring (bicyclic) bond motifs is 1. The Morgan fingerprint density at radius 3 is 2.47 bits per heavy atom. The molecule has 0 aromatic heterocycles. The second kappa shape index (κ2) is 3.20. The van der Waals surface area contributed by atoms with Crippen LogP contribution in [-0.2, 0) is 0 Å². The molecule has 0 amide bonds. The van der Waals surface area contributed by atoms with Crippen molar-refractivity contribution >= 4 is 17.1 Å². The quantitative estimate of drug-likeness (QED) is 0.671. The second-order valence-electron chi connectivity index (χ2n) is 4.26. The lowest BCUT2D eigenvalue weighted by Crippen LogP contribution is -1.83. The fourth-order valence-electron chi connectivity index (χ4n) is 2.03. The Balaban J connectivity index is 2.15. The maximum absolute atomic E-state index is 10.6. The average molecular weight is 196 g/mol. The summed E-state index contributed by atoms with van der Waals surface area (Å²) in [6.07, 6.45) is 3.56. The van der Waals surface area contributed by atoms with Gasteiger partial charge in [0.05, 0.1) is 0 Å². The van der Waals surface area contributed by atoms with Gasteiger partial charge in [0.25, 0.3) is 0 Å². The van der Waals surface area contributed by atoms with Crippen LogP contribution >= 0.6 is 0 Å². The van der Waals surface area contributed by atoms with Crippen LogP contribution in [0.25, 0.3) is 10.8 Å². The Kier molecular flexibility index (Phi) is 1.84. The van der Waals surface area contributed by atoms with Crippen molar-refractivity contribution in [1.29, 1.82) is 0 Å². The zero-order valence-corrected chi connectivity index (χ0v) is 8.44. The number of benzene rings is 2. The van der Waals surface area contributed by atoms with Crippen LogP contribution in [0.15, 0.2) is 36.4 Å². The molecule has 2 aromatic carbocycles. The van der Waals surface area contributed by atoms with Gasteiger partial charge in [0.1, 0.15) is 6.29 Å². The predicted molar refractivity (Wildman–Crippen MR) is 61.3 cm³/mol. The molecule has 0 aliphatic heterocycles. The van der Waals surface area contributed by atoms with Crippen LogP contribution in [0.5, 0.6) is 0 Å². The SMILES string of the molecule is O=Cc1ccc2cc(C3CC3)ccc2c1. The number of carbonyl (C=O) groups excluding carboxylic acids is 1. The molecule has 1 aliphatic carbocycles. The van der Waals surface area contributed by atoms with Crippen molar-refractivity contribution in [2.75, 3.05) is 0 Å².